The van der Waals surface area contributed by atoms with Crippen molar-refractivity contribution in [3.8, 4) is 5.88 Å². The summed E-state index contributed by atoms with van der Waals surface area (Å²) in [5, 5.41) is 7.26. The number of pyridine rings is 1. The molecule has 0 saturated heterocycles. The van der Waals surface area contributed by atoms with E-state index in [1.807, 2.05) is 0 Å². The molecule has 2 aromatic heterocycles. The van der Waals surface area contributed by atoms with Gasteiger partial charge in [-0.05, 0) is 44.1 Å². The van der Waals surface area contributed by atoms with E-state index in [0.717, 1.165) is 31.6 Å². The largest absolute Gasteiger partial charge is 0.477 e. The summed E-state index contributed by atoms with van der Waals surface area (Å²) in [4.78, 5) is 28.6. The van der Waals surface area contributed by atoms with Gasteiger partial charge in [-0.3, -0.25) is 9.36 Å². The lowest BCUT2D eigenvalue weighted by Crippen LogP contribution is -2.29. The molecule has 0 unspecified atom stereocenters. The van der Waals surface area contributed by atoms with Crippen molar-refractivity contribution in [1.82, 2.24) is 24.6 Å². The van der Waals surface area contributed by atoms with Crippen LogP contribution in [0.1, 0.15) is 48.3 Å². The van der Waals surface area contributed by atoms with Gasteiger partial charge in [-0.2, -0.15) is 5.10 Å². The first-order valence-electron chi connectivity index (χ1n) is 9.74. The van der Waals surface area contributed by atoms with Gasteiger partial charge >= 0.3 is 5.69 Å². The minimum atomic E-state index is -0.173. The van der Waals surface area contributed by atoms with Gasteiger partial charge in [0.15, 0.2) is 0 Å². The van der Waals surface area contributed by atoms with Gasteiger partial charge in [0, 0.05) is 38.3 Å². The summed E-state index contributed by atoms with van der Waals surface area (Å²) in [6, 6.07) is 3.45. The van der Waals surface area contributed by atoms with E-state index < -0.39 is 0 Å². The Morgan fingerprint density at radius 3 is 2.93 bits per heavy atom. The Kier molecular flexibility index (Phi) is 5.22. The van der Waals surface area contributed by atoms with Crippen LogP contribution >= 0.6 is 0 Å². The molecular formula is C19H25N5O3. The van der Waals surface area contributed by atoms with Crippen LogP contribution in [-0.2, 0) is 19.5 Å². The number of carbonyl (C=O) groups is 1. The molecule has 1 N–H and O–H groups in total. The van der Waals surface area contributed by atoms with Gasteiger partial charge < -0.3 is 10.1 Å². The maximum atomic E-state index is 12.3. The normalized spacial score (nSPS) is 16.0. The lowest BCUT2D eigenvalue weighted by atomic mass is 10.2. The molecular weight excluding hydrogens is 346 g/mol. The highest BCUT2D eigenvalue weighted by atomic mass is 16.5. The molecule has 3 heterocycles. The molecule has 2 aliphatic rings. The van der Waals surface area contributed by atoms with E-state index in [2.05, 4.69) is 15.4 Å². The third kappa shape index (κ3) is 4.37. The van der Waals surface area contributed by atoms with Crippen LogP contribution in [0.25, 0.3) is 0 Å². The van der Waals surface area contributed by atoms with E-state index in [1.165, 1.54) is 23.7 Å². The lowest BCUT2D eigenvalue weighted by Gasteiger charge is -2.09. The molecule has 1 aliphatic heterocycles. The monoisotopic (exact) mass is 371 g/mol. The molecule has 0 bridgehead atoms. The molecule has 8 heteroatoms. The first-order valence-corrected chi connectivity index (χ1v) is 9.74. The maximum Gasteiger partial charge on any atom is 0.345 e. The van der Waals surface area contributed by atoms with Gasteiger partial charge in [0.25, 0.3) is 5.91 Å². The van der Waals surface area contributed by atoms with Crippen LogP contribution in [0.3, 0.4) is 0 Å². The third-order valence-corrected chi connectivity index (χ3v) is 5.03. The zero-order chi connectivity index (χ0) is 18.6. The van der Waals surface area contributed by atoms with Crippen LogP contribution in [0.4, 0.5) is 0 Å². The number of amides is 1. The minimum absolute atomic E-state index is 0.0398. The van der Waals surface area contributed by atoms with Crippen LogP contribution < -0.4 is 15.7 Å². The molecule has 27 heavy (non-hydrogen) atoms. The topological polar surface area (TPSA) is 91.0 Å². The van der Waals surface area contributed by atoms with E-state index in [9.17, 15) is 9.59 Å². The summed E-state index contributed by atoms with van der Waals surface area (Å²) in [5.41, 5.74) is 0.463. The molecule has 8 nitrogen and oxygen atoms in total. The Bertz CT molecular complexity index is 851. The van der Waals surface area contributed by atoms with Crippen LogP contribution in [0, 0.1) is 5.92 Å². The van der Waals surface area contributed by atoms with Crippen LogP contribution in [-0.4, -0.2) is 38.4 Å². The molecule has 1 fully saturated rings. The summed E-state index contributed by atoms with van der Waals surface area (Å²) < 4.78 is 8.85. The number of ether oxygens (including phenoxy) is 1. The first kappa shape index (κ1) is 17.8. The lowest BCUT2D eigenvalue weighted by molar-refractivity contribution is 0.0952. The van der Waals surface area contributed by atoms with Crippen molar-refractivity contribution in [3.63, 3.8) is 0 Å². The third-order valence-electron chi connectivity index (χ3n) is 5.03. The average molecular weight is 371 g/mol. The summed E-state index contributed by atoms with van der Waals surface area (Å²) in [5.74, 6) is 1.93. The molecule has 1 saturated carbocycles. The number of nitrogens with one attached hydrogen (secondary N) is 1. The molecule has 4 rings (SSSR count). The number of nitrogens with zero attached hydrogens (tertiary/aromatic N) is 4. The van der Waals surface area contributed by atoms with Crippen molar-refractivity contribution in [2.45, 2.75) is 51.6 Å². The predicted octanol–water partition coefficient (Wildman–Crippen LogP) is 1.38. The van der Waals surface area contributed by atoms with Gasteiger partial charge in [0.05, 0.1) is 12.2 Å². The van der Waals surface area contributed by atoms with Crippen LogP contribution in [0.15, 0.2) is 23.1 Å². The van der Waals surface area contributed by atoms with Crippen molar-refractivity contribution < 1.29 is 9.53 Å². The number of aryl methyl sites for hydroxylation is 2. The molecule has 1 amide bonds. The second-order valence-corrected chi connectivity index (χ2v) is 7.28. The first-order chi connectivity index (χ1) is 13.2. The number of fused-ring (bicyclic) bond motifs is 1. The van der Waals surface area contributed by atoms with Crippen molar-refractivity contribution in [3.05, 3.63) is 40.2 Å². The Hall–Kier alpha value is -2.64. The summed E-state index contributed by atoms with van der Waals surface area (Å²) >= 11 is 0. The fourth-order valence-corrected chi connectivity index (χ4v) is 3.21. The molecule has 1 aliphatic carbocycles. The van der Waals surface area contributed by atoms with E-state index in [4.69, 9.17) is 4.74 Å². The Balaban J connectivity index is 1.22. The number of carbonyl (C=O) groups excluding carboxylic acids is 1. The van der Waals surface area contributed by atoms with Gasteiger partial charge in [0.2, 0.25) is 5.88 Å². The van der Waals surface area contributed by atoms with Crippen molar-refractivity contribution in [2.24, 2.45) is 5.92 Å². The standard InChI is InChI=1S/C19H25N5O3/c25-18(15-7-8-17(21-12-15)27-13-14-5-6-14)20-9-3-11-24-19(26)23-10-2-1-4-16(23)22-24/h7-8,12,14H,1-6,9-11,13H2,(H,20,25). The average Bonchev–Trinajstić information content (AvgIpc) is 3.48. The molecule has 0 aromatic carbocycles. The zero-order valence-electron chi connectivity index (χ0n) is 15.4. The van der Waals surface area contributed by atoms with E-state index in [0.29, 0.717) is 43.5 Å². The molecule has 0 atom stereocenters. The van der Waals surface area contributed by atoms with Crippen molar-refractivity contribution in [2.75, 3.05) is 13.2 Å². The Morgan fingerprint density at radius 1 is 1.30 bits per heavy atom. The van der Waals surface area contributed by atoms with Gasteiger partial charge in [-0.1, -0.05) is 0 Å². The summed E-state index contributed by atoms with van der Waals surface area (Å²) in [6.07, 6.45) is 7.64. The summed E-state index contributed by atoms with van der Waals surface area (Å²) in [6.45, 7) is 2.45. The number of aromatic nitrogens is 4. The number of rotatable bonds is 8. The van der Waals surface area contributed by atoms with Gasteiger partial charge in [-0.15, -0.1) is 0 Å². The van der Waals surface area contributed by atoms with Gasteiger partial charge in [-0.25, -0.2) is 14.5 Å². The highest BCUT2D eigenvalue weighted by Crippen LogP contribution is 2.29. The second kappa shape index (κ2) is 7.94. The smallest absolute Gasteiger partial charge is 0.345 e. The molecule has 0 radical (unpaired) electrons. The van der Waals surface area contributed by atoms with Crippen LogP contribution in [0.5, 0.6) is 5.88 Å². The van der Waals surface area contributed by atoms with Crippen molar-refractivity contribution in [1.29, 1.82) is 0 Å². The van der Waals surface area contributed by atoms with Crippen molar-refractivity contribution >= 4 is 5.91 Å². The SMILES string of the molecule is O=C(NCCCn1nc2n(c1=O)CCCC2)c1ccc(OCC2CC2)nc1. The number of hydrogen-bond acceptors (Lipinski definition) is 5. The van der Waals surface area contributed by atoms with Crippen LogP contribution in [0.2, 0.25) is 0 Å². The minimum Gasteiger partial charge on any atom is -0.477 e. The quantitative estimate of drug-likeness (QED) is 0.708. The molecule has 144 valence electrons. The van der Waals surface area contributed by atoms with E-state index >= 15 is 0 Å². The highest BCUT2D eigenvalue weighted by Gasteiger charge is 2.22. The Labute approximate surface area is 157 Å². The fourth-order valence-electron chi connectivity index (χ4n) is 3.21. The second-order valence-electron chi connectivity index (χ2n) is 7.28. The van der Waals surface area contributed by atoms with Gasteiger partial charge in [0.1, 0.15) is 5.82 Å². The Morgan fingerprint density at radius 2 is 2.19 bits per heavy atom. The fraction of sp³-hybridized carbons (Fsp3) is 0.579. The van der Waals surface area contributed by atoms with E-state index in [1.54, 1.807) is 16.7 Å². The summed E-state index contributed by atoms with van der Waals surface area (Å²) in [7, 11) is 0. The highest BCUT2D eigenvalue weighted by molar-refractivity contribution is 5.93. The molecule has 0 spiro atoms. The predicted molar refractivity (Wildman–Crippen MR) is 98.8 cm³/mol. The zero-order valence-corrected chi connectivity index (χ0v) is 15.4. The maximum absolute atomic E-state index is 12.3. The van der Waals surface area contributed by atoms with E-state index in [-0.39, 0.29) is 11.6 Å². The molecule has 2 aromatic rings. The number of hydrogen-bond donors (Lipinski definition) is 1.